The second-order valence-corrected chi connectivity index (χ2v) is 4.41. The summed E-state index contributed by atoms with van der Waals surface area (Å²) < 4.78 is 5.80. The molecule has 0 unspecified atom stereocenters. The summed E-state index contributed by atoms with van der Waals surface area (Å²) in [5, 5.41) is 13.0. The van der Waals surface area contributed by atoms with Crippen LogP contribution in [0.2, 0.25) is 0 Å². The van der Waals surface area contributed by atoms with Crippen LogP contribution in [0.1, 0.15) is 12.5 Å². The Bertz CT molecular complexity index is 706. The molecule has 0 aliphatic rings. The number of nitrogens with zero attached hydrogens (tertiary/aromatic N) is 1. The maximum Gasteiger partial charge on any atom is 0.135 e. The lowest BCUT2D eigenvalue weighted by Gasteiger charge is -2.00. The Morgan fingerprint density at radius 3 is 2.47 bits per heavy atom. The molecule has 1 N–H and O–H groups in total. The van der Waals surface area contributed by atoms with Crippen molar-refractivity contribution in [3.63, 3.8) is 0 Å². The van der Waals surface area contributed by atoms with Crippen LogP contribution in [-0.2, 0) is 0 Å². The molecule has 0 fully saturated rings. The van der Waals surface area contributed by atoms with Crippen molar-refractivity contribution in [3.05, 3.63) is 60.2 Å². The minimum Gasteiger partial charge on any atom is -0.456 e. The molecule has 0 bridgehead atoms. The van der Waals surface area contributed by atoms with Crippen molar-refractivity contribution in [2.45, 2.75) is 6.92 Å². The summed E-state index contributed by atoms with van der Waals surface area (Å²) in [7, 11) is 0. The van der Waals surface area contributed by atoms with E-state index in [0.29, 0.717) is 5.71 Å². The van der Waals surface area contributed by atoms with Crippen LogP contribution in [0.4, 0.5) is 0 Å². The lowest BCUT2D eigenvalue weighted by Crippen LogP contribution is -1.93. The summed E-state index contributed by atoms with van der Waals surface area (Å²) in [6.07, 6.45) is 0. The third kappa shape index (κ3) is 2.10. The van der Waals surface area contributed by atoms with Crippen LogP contribution in [0.15, 0.2) is 64.2 Å². The van der Waals surface area contributed by atoms with Crippen LogP contribution in [0, 0.1) is 0 Å². The zero-order valence-corrected chi connectivity index (χ0v) is 10.5. The van der Waals surface area contributed by atoms with Crippen molar-refractivity contribution in [1.82, 2.24) is 0 Å². The summed E-state index contributed by atoms with van der Waals surface area (Å²) in [5.74, 6) is 0.839. The molecule has 3 nitrogen and oxygen atoms in total. The smallest absolute Gasteiger partial charge is 0.135 e. The van der Waals surface area contributed by atoms with Crippen LogP contribution in [0.5, 0.6) is 0 Å². The first-order valence-electron chi connectivity index (χ1n) is 6.06. The first kappa shape index (κ1) is 11.5. The topological polar surface area (TPSA) is 45.7 Å². The Balaban J connectivity index is 2.02. The van der Waals surface area contributed by atoms with E-state index in [-0.39, 0.29) is 0 Å². The van der Waals surface area contributed by atoms with Crippen molar-refractivity contribution >= 4 is 16.7 Å². The van der Waals surface area contributed by atoms with Gasteiger partial charge in [-0.05, 0) is 24.6 Å². The van der Waals surface area contributed by atoms with Gasteiger partial charge in [-0.25, -0.2) is 0 Å². The minimum atomic E-state index is 0.594. The highest BCUT2D eigenvalue weighted by molar-refractivity contribution is 5.98. The standard InChI is InChI=1S/C16H13NO2/c1-11(17-18)12-6-8-13(9-7-12)16-10-14-4-2-3-5-15(14)19-16/h2-10,18H,1H3. The molecule has 0 atom stereocenters. The number of furan rings is 1. The molecular weight excluding hydrogens is 238 g/mol. The fraction of sp³-hybridized carbons (Fsp3) is 0.0625. The molecule has 0 aliphatic heterocycles. The summed E-state index contributed by atoms with van der Waals surface area (Å²) in [6, 6.07) is 17.7. The summed E-state index contributed by atoms with van der Waals surface area (Å²) in [6.45, 7) is 1.76. The zero-order chi connectivity index (χ0) is 13.2. The van der Waals surface area contributed by atoms with Crippen LogP contribution in [0.3, 0.4) is 0 Å². The number of fused-ring (bicyclic) bond motifs is 1. The molecule has 0 aliphatic carbocycles. The summed E-state index contributed by atoms with van der Waals surface area (Å²) in [5.41, 5.74) is 3.37. The Hall–Kier alpha value is -2.55. The number of rotatable bonds is 2. The van der Waals surface area contributed by atoms with E-state index < -0.39 is 0 Å². The van der Waals surface area contributed by atoms with Crippen molar-refractivity contribution in [1.29, 1.82) is 0 Å². The van der Waals surface area contributed by atoms with E-state index in [9.17, 15) is 0 Å². The van der Waals surface area contributed by atoms with Gasteiger partial charge in [-0.1, -0.05) is 47.6 Å². The predicted octanol–water partition coefficient (Wildman–Crippen LogP) is 4.30. The fourth-order valence-corrected chi connectivity index (χ4v) is 2.06. The fourth-order valence-electron chi connectivity index (χ4n) is 2.06. The maximum atomic E-state index is 8.74. The average molecular weight is 251 g/mol. The molecule has 0 radical (unpaired) electrons. The number of hydrogen-bond acceptors (Lipinski definition) is 3. The maximum absolute atomic E-state index is 8.74. The Morgan fingerprint density at radius 2 is 1.79 bits per heavy atom. The van der Waals surface area contributed by atoms with E-state index in [0.717, 1.165) is 27.9 Å². The van der Waals surface area contributed by atoms with E-state index in [1.807, 2.05) is 54.6 Å². The van der Waals surface area contributed by atoms with Crippen molar-refractivity contribution in [3.8, 4) is 11.3 Å². The monoisotopic (exact) mass is 251 g/mol. The molecule has 1 heterocycles. The van der Waals surface area contributed by atoms with Crippen molar-refractivity contribution < 1.29 is 9.62 Å². The molecule has 0 spiro atoms. The van der Waals surface area contributed by atoms with E-state index in [1.54, 1.807) is 6.92 Å². The highest BCUT2D eigenvalue weighted by Gasteiger charge is 2.06. The molecule has 3 heteroatoms. The largest absolute Gasteiger partial charge is 0.456 e. The predicted molar refractivity (Wildman–Crippen MR) is 75.6 cm³/mol. The van der Waals surface area contributed by atoms with Crippen molar-refractivity contribution in [2.24, 2.45) is 5.16 Å². The van der Waals surface area contributed by atoms with Gasteiger partial charge in [0.25, 0.3) is 0 Å². The lowest BCUT2D eigenvalue weighted by molar-refractivity contribution is 0.319. The average Bonchev–Trinajstić information content (AvgIpc) is 2.90. The zero-order valence-electron chi connectivity index (χ0n) is 10.5. The van der Waals surface area contributed by atoms with Crippen LogP contribution in [0.25, 0.3) is 22.3 Å². The Kier molecular flexibility index (Phi) is 2.80. The van der Waals surface area contributed by atoms with Gasteiger partial charge >= 0.3 is 0 Å². The second-order valence-electron chi connectivity index (χ2n) is 4.41. The molecule has 3 rings (SSSR count). The molecular formula is C16H13NO2. The van der Waals surface area contributed by atoms with Gasteiger partial charge in [0.1, 0.15) is 11.3 Å². The minimum absolute atomic E-state index is 0.594. The quantitative estimate of drug-likeness (QED) is 0.419. The molecule has 94 valence electrons. The third-order valence-corrected chi connectivity index (χ3v) is 3.16. The number of hydrogen-bond donors (Lipinski definition) is 1. The highest BCUT2D eigenvalue weighted by atomic mass is 16.4. The second kappa shape index (κ2) is 4.61. The van der Waals surface area contributed by atoms with Crippen LogP contribution >= 0.6 is 0 Å². The number of para-hydroxylation sites is 1. The molecule has 1 aromatic heterocycles. The SMILES string of the molecule is CC(=NO)c1ccc(-c2cc3ccccc3o2)cc1. The summed E-state index contributed by atoms with van der Waals surface area (Å²) >= 11 is 0. The molecule has 2 aromatic carbocycles. The molecule has 0 saturated carbocycles. The van der Waals surface area contributed by atoms with E-state index in [1.165, 1.54) is 0 Å². The third-order valence-electron chi connectivity index (χ3n) is 3.16. The van der Waals surface area contributed by atoms with E-state index in [2.05, 4.69) is 5.16 Å². The van der Waals surface area contributed by atoms with Gasteiger partial charge in [0.2, 0.25) is 0 Å². The normalized spacial score (nSPS) is 11.9. The van der Waals surface area contributed by atoms with Gasteiger partial charge in [-0.15, -0.1) is 0 Å². The molecule has 0 amide bonds. The van der Waals surface area contributed by atoms with Crippen LogP contribution < -0.4 is 0 Å². The van der Waals surface area contributed by atoms with Gasteiger partial charge in [-0.2, -0.15) is 0 Å². The van der Waals surface area contributed by atoms with Gasteiger partial charge in [-0.3, -0.25) is 0 Å². The van der Waals surface area contributed by atoms with E-state index in [4.69, 9.17) is 9.62 Å². The summed E-state index contributed by atoms with van der Waals surface area (Å²) in [4.78, 5) is 0. The Morgan fingerprint density at radius 1 is 1.05 bits per heavy atom. The molecule has 0 saturated heterocycles. The van der Waals surface area contributed by atoms with Gasteiger partial charge < -0.3 is 9.62 Å². The van der Waals surface area contributed by atoms with Crippen LogP contribution in [-0.4, -0.2) is 10.9 Å². The van der Waals surface area contributed by atoms with Crippen molar-refractivity contribution in [2.75, 3.05) is 0 Å². The van der Waals surface area contributed by atoms with E-state index >= 15 is 0 Å². The highest BCUT2D eigenvalue weighted by Crippen LogP contribution is 2.27. The number of benzene rings is 2. The van der Waals surface area contributed by atoms with Gasteiger partial charge in [0.15, 0.2) is 0 Å². The first-order valence-corrected chi connectivity index (χ1v) is 6.06. The molecule has 19 heavy (non-hydrogen) atoms. The lowest BCUT2D eigenvalue weighted by atomic mass is 10.1. The van der Waals surface area contributed by atoms with Gasteiger partial charge in [0, 0.05) is 10.9 Å². The first-order chi connectivity index (χ1) is 9.28. The van der Waals surface area contributed by atoms with Gasteiger partial charge in [0.05, 0.1) is 5.71 Å². The Labute approximate surface area is 110 Å². The molecule has 3 aromatic rings. The number of oxime groups is 1.